The van der Waals surface area contributed by atoms with Crippen molar-refractivity contribution in [3.63, 3.8) is 0 Å². The number of carbonyl (C=O) groups excluding carboxylic acids is 1. The number of hydrogen-bond donors (Lipinski definition) is 1. The number of nitrogens with two attached hydrogens (primary N) is 1. The topological polar surface area (TPSA) is 46.3 Å². The third-order valence-electron chi connectivity index (χ3n) is 4.53. The molecule has 19 heavy (non-hydrogen) atoms. The van der Waals surface area contributed by atoms with E-state index in [0.717, 1.165) is 24.2 Å². The fourth-order valence-corrected chi connectivity index (χ4v) is 3.42. The molecule has 2 aliphatic rings. The van der Waals surface area contributed by atoms with Crippen LogP contribution in [0.1, 0.15) is 50.1 Å². The molecule has 1 amide bonds. The zero-order valence-corrected chi connectivity index (χ0v) is 11.3. The Hall–Kier alpha value is -1.35. The predicted octanol–water partition coefficient (Wildman–Crippen LogP) is 3.00. The van der Waals surface area contributed by atoms with Crippen LogP contribution in [0.4, 0.5) is 5.69 Å². The molecule has 2 N–H and O–H groups in total. The summed E-state index contributed by atoms with van der Waals surface area (Å²) in [6, 6.07) is 8.15. The molecule has 0 spiro atoms. The summed E-state index contributed by atoms with van der Waals surface area (Å²) in [5.74, 6) is 0.890. The predicted molar refractivity (Wildman–Crippen MR) is 76.9 cm³/mol. The van der Waals surface area contributed by atoms with Crippen LogP contribution in [0.5, 0.6) is 0 Å². The first-order valence-corrected chi connectivity index (χ1v) is 7.40. The van der Waals surface area contributed by atoms with Gasteiger partial charge in [0.25, 0.3) is 0 Å². The van der Waals surface area contributed by atoms with Crippen LogP contribution in [0.15, 0.2) is 24.3 Å². The van der Waals surface area contributed by atoms with E-state index in [1.807, 2.05) is 23.1 Å². The van der Waals surface area contributed by atoms with Crippen LogP contribution in [0.25, 0.3) is 0 Å². The first-order chi connectivity index (χ1) is 9.25. The van der Waals surface area contributed by atoms with Gasteiger partial charge in [-0.25, -0.2) is 0 Å². The first kappa shape index (κ1) is 12.7. The highest BCUT2D eigenvalue weighted by Gasteiger charge is 2.28. The third kappa shape index (κ3) is 2.52. The lowest BCUT2D eigenvalue weighted by molar-refractivity contribution is -0.119. The minimum atomic E-state index is 0.0757. The molecule has 3 heteroatoms. The summed E-state index contributed by atoms with van der Waals surface area (Å²) in [6.45, 7) is 0.768. The average Bonchev–Trinajstić information content (AvgIpc) is 2.92. The minimum absolute atomic E-state index is 0.0757. The van der Waals surface area contributed by atoms with Gasteiger partial charge < -0.3 is 10.6 Å². The van der Waals surface area contributed by atoms with E-state index in [1.165, 1.54) is 25.7 Å². The van der Waals surface area contributed by atoms with Gasteiger partial charge in [0, 0.05) is 24.7 Å². The monoisotopic (exact) mass is 258 g/mol. The van der Waals surface area contributed by atoms with Crippen molar-refractivity contribution in [2.75, 3.05) is 11.4 Å². The van der Waals surface area contributed by atoms with E-state index in [1.54, 1.807) is 0 Å². The second-order valence-electron chi connectivity index (χ2n) is 5.85. The van der Waals surface area contributed by atoms with Crippen LogP contribution in [0.3, 0.4) is 0 Å². The Morgan fingerprint density at radius 3 is 2.74 bits per heavy atom. The van der Waals surface area contributed by atoms with Gasteiger partial charge in [0.15, 0.2) is 0 Å². The number of nitrogens with zero attached hydrogens (tertiary/aromatic N) is 1. The van der Waals surface area contributed by atoms with Gasteiger partial charge in [-0.3, -0.25) is 4.79 Å². The van der Waals surface area contributed by atoms with Gasteiger partial charge in [0.2, 0.25) is 5.91 Å². The van der Waals surface area contributed by atoms with E-state index in [4.69, 9.17) is 5.73 Å². The van der Waals surface area contributed by atoms with Crippen LogP contribution in [-0.2, 0) is 4.79 Å². The average molecular weight is 258 g/mol. The van der Waals surface area contributed by atoms with E-state index in [0.29, 0.717) is 12.3 Å². The summed E-state index contributed by atoms with van der Waals surface area (Å²) in [5.41, 5.74) is 8.29. The Labute approximate surface area is 114 Å². The summed E-state index contributed by atoms with van der Waals surface area (Å²) >= 11 is 0. The molecule has 0 bridgehead atoms. The lowest BCUT2D eigenvalue weighted by Crippen LogP contribution is -2.38. The zero-order valence-electron chi connectivity index (χ0n) is 11.3. The van der Waals surface area contributed by atoms with Crippen molar-refractivity contribution in [2.24, 2.45) is 11.7 Å². The van der Waals surface area contributed by atoms with Crippen LogP contribution in [0.2, 0.25) is 0 Å². The second kappa shape index (κ2) is 5.33. The van der Waals surface area contributed by atoms with Crippen molar-refractivity contribution in [3.05, 3.63) is 29.8 Å². The fraction of sp³-hybridized carbons (Fsp3) is 0.562. The Bertz CT molecular complexity index is 466. The molecule has 1 fully saturated rings. The van der Waals surface area contributed by atoms with Crippen molar-refractivity contribution >= 4 is 11.6 Å². The molecule has 1 heterocycles. The lowest BCUT2D eigenvalue weighted by atomic mass is 9.95. The zero-order chi connectivity index (χ0) is 13.2. The van der Waals surface area contributed by atoms with E-state index >= 15 is 0 Å². The van der Waals surface area contributed by atoms with Crippen molar-refractivity contribution < 1.29 is 4.79 Å². The maximum absolute atomic E-state index is 12.5. The first-order valence-electron chi connectivity index (χ1n) is 7.40. The molecule has 3 rings (SSSR count). The van der Waals surface area contributed by atoms with Gasteiger partial charge in [0.1, 0.15) is 0 Å². The van der Waals surface area contributed by atoms with Gasteiger partial charge in [-0.2, -0.15) is 0 Å². The molecule has 1 aromatic rings. The van der Waals surface area contributed by atoms with Gasteiger partial charge in [-0.05, 0) is 36.8 Å². The summed E-state index contributed by atoms with van der Waals surface area (Å²) in [4.78, 5) is 14.5. The standard InChI is InChI=1S/C16H22N2O/c17-14-9-10-18(15-8-4-3-7-13(14)15)16(19)11-12-5-1-2-6-12/h3-4,7-8,12,14H,1-2,5-6,9-11,17H2. The summed E-state index contributed by atoms with van der Waals surface area (Å²) in [5, 5.41) is 0. The van der Waals surface area contributed by atoms with E-state index in [2.05, 4.69) is 6.07 Å². The van der Waals surface area contributed by atoms with Crippen molar-refractivity contribution in [3.8, 4) is 0 Å². The largest absolute Gasteiger partial charge is 0.324 e. The number of rotatable bonds is 2. The highest BCUT2D eigenvalue weighted by molar-refractivity contribution is 5.94. The number of fused-ring (bicyclic) bond motifs is 1. The fourth-order valence-electron chi connectivity index (χ4n) is 3.42. The quantitative estimate of drug-likeness (QED) is 0.886. The Morgan fingerprint density at radius 2 is 1.95 bits per heavy atom. The smallest absolute Gasteiger partial charge is 0.227 e. The molecular formula is C16H22N2O. The number of anilines is 1. The number of para-hydroxylation sites is 1. The van der Waals surface area contributed by atoms with Crippen molar-refractivity contribution in [1.82, 2.24) is 0 Å². The lowest BCUT2D eigenvalue weighted by Gasteiger charge is -2.33. The molecule has 1 atom stereocenters. The summed E-state index contributed by atoms with van der Waals surface area (Å²) < 4.78 is 0. The third-order valence-corrected chi connectivity index (χ3v) is 4.53. The number of hydrogen-bond acceptors (Lipinski definition) is 2. The maximum atomic E-state index is 12.5. The Morgan fingerprint density at radius 1 is 1.21 bits per heavy atom. The van der Waals surface area contributed by atoms with Gasteiger partial charge in [-0.15, -0.1) is 0 Å². The molecule has 0 radical (unpaired) electrons. The van der Waals surface area contributed by atoms with Crippen LogP contribution < -0.4 is 10.6 Å². The summed E-state index contributed by atoms with van der Waals surface area (Å²) in [7, 11) is 0. The number of amides is 1. The molecule has 102 valence electrons. The molecule has 1 saturated carbocycles. The SMILES string of the molecule is NC1CCN(C(=O)CC2CCCC2)c2ccccc21. The number of carbonyl (C=O) groups is 1. The molecule has 1 aliphatic heterocycles. The molecule has 0 aromatic heterocycles. The highest BCUT2D eigenvalue weighted by atomic mass is 16.2. The Kier molecular flexibility index (Phi) is 3.56. The van der Waals surface area contributed by atoms with E-state index in [-0.39, 0.29) is 11.9 Å². The molecular weight excluding hydrogens is 236 g/mol. The molecule has 1 unspecified atom stereocenters. The van der Waals surface area contributed by atoms with Crippen LogP contribution in [-0.4, -0.2) is 12.5 Å². The Balaban J connectivity index is 1.77. The maximum Gasteiger partial charge on any atom is 0.227 e. The van der Waals surface area contributed by atoms with Gasteiger partial charge >= 0.3 is 0 Å². The molecule has 0 saturated heterocycles. The summed E-state index contributed by atoms with van der Waals surface area (Å²) in [6.07, 6.45) is 6.61. The van der Waals surface area contributed by atoms with Crippen molar-refractivity contribution in [2.45, 2.75) is 44.6 Å². The minimum Gasteiger partial charge on any atom is -0.324 e. The van der Waals surface area contributed by atoms with Crippen LogP contribution >= 0.6 is 0 Å². The highest BCUT2D eigenvalue weighted by Crippen LogP contribution is 2.34. The van der Waals surface area contributed by atoms with Crippen LogP contribution in [0, 0.1) is 5.92 Å². The van der Waals surface area contributed by atoms with E-state index in [9.17, 15) is 4.79 Å². The molecule has 1 aliphatic carbocycles. The van der Waals surface area contributed by atoms with Gasteiger partial charge in [-0.1, -0.05) is 31.0 Å². The molecule has 3 nitrogen and oxygen atoms in total. The van der Waals surface area contributed by atoms with Crippen molar-refractivity contribution in [1.29, 1.82) is 0 Å². The molecule has 1 aromatic carbocycles. The second-order valence-corrected chi connectivity index (χ2v) is 5.85. The normalized spacial score (nSPS) is 23.4. The van der Waals surface area contributed by atoms with Gasteiger partial charge in [0.05, 0.1) is 0 Å². The number of benzene rings is 1. The van der Waals surface area contributed by atoms with E-state index < -0.39 is 0 Å².